The molecule has 0 radical (unpaired) electrons. The van der Waals surface area contributed by atoms with Crippen molar-refractivity contribution in [1.29, 1.82) is 0 Å². The van der Waals surface area contributed by atoms with Gasteiger partial charge in [0.2, 0.25) is 5.91 Å². The monoisotopic (exact) mass is 284 g/mol. The Kier molecular flexibility index (Phi) is 4.43. The lowest BCUT2D eigenvalue weighted by Crippen LogP contribution is -2.47. The molecule has 5 nitrogen and oxygen atoms in total. The molecule has 1 aromatic carbocycles. The smallest absolute Gasteiger partial charge is 0.234 e. The molecular formula is C16H20N4O. The zero-order chi connectivity index (χ0) is 14.5. The summed E-state index contributed by atoms with van der Waals surface area (Å²) in [7, 11) is 0. The van der Waals surface area contributed by atoms with Gasteiger partial charge in [-0.1, -0.05) is 24.3 Å². The summed E-state index contributed by atoms with van der Waals surface area (Å²) in [5.41, 5.74) is 2.02. The molecule has 21 heavy (non-hydrogen) atoms. The molecule has 1 amide bonds. The largest absolute Gasteiger partial charge is 0.351 e. The summed E-state index contributed by atoms with van der Waals surface area (Å²) in [6.45, 7) is 4.78. The van der Waals surface area contributed by atoms with Gasteiger partial charge in [0.15, 0.2) is 0 Å². The molecule has 2 N–H and O–H groups in total. The molecule has 5 heteroatoms. The Morgan fingerprint density at radius 2 is 2.05 bits per heavy atom. The molecule has 1 aliphatic heterocycles. The molecule has 110 valence electrons. The average Bonchev–Trinajstić information content (AvgIpc) is 2.54. The van der Waals surface area contributed by atoms with Crippen LogP contribution in [0.25, 0.3) is 10.9 Å². The Balaban J connectivity index is 1.59. The van der Waals surface area contributed by atoms with Crippen LogP contribution in [-0.4, -0.2) is 48.5 Å². The highest BCUT2D eigenvalue weighted by atomic mass is 16.2. The van der Waals surface area contributed by atoms with E-state index in [0.717, 1.165) is 42.6 Å². The summed E-state index contributed by atoms with van der Waals surface area (Å²) in [4.78, 5) is 18.6. The van der Waals surface area contributed by atoms with Gasteiger partial charge in [-0.25, -0.2) is 0 Å². The molecule has 1 aromatic heterocycles. The lowest BCUT2D eigenvalue weighted by molar-refractivity contribution is -0.122. The van der Waals surface area contributed by atoms with Crippen LogP contribution in [0.4, 0.5) is 0 Å². The van der Waals surface area contributed by atoms with Crippen molar-refractivity contribution in [2.75, 3.05) is 32.7 Å². The predicted octanol–water partition coefficient (Wildman–Crippen LogP) is 0.756. The van der Waals surface area contributed by atoms with Crippen molar-refractivity contribution < 1.29 is 4.79 Å². The zero-order valence-corrected chi connectivity index (χ0v) is 12.0. The van der Waals surface area contributed by atoms with Gasteiger partial charge in [0, 0.05) is 44.3 Å². The van der Waals surface area contributed by atoms with Gasteiger partial charge in [0.25, 0.3) is 0 Å². The van der Waals surface area contributed by atoms with Crippen molar-refractivity contribution >= 4 is 16.8 Å². The first kappa shape index (κ1) is 14.0. The molecule has 0 atom stereocenters. The maximum atomic E-state index is 12.0. The number of nitrogens with zero attached hydrogens (tertiary/aromatic N) is 2. The first-order valence-electron chi connectivity index (χ1n) is 7.35. The number of fused-ring (bicyclic) bond motifs is 1. The first-order chi connectivity index (χ1) is 10.3. The fraction of sp³-hybridized carbons (Fsp3) is 0.375. The van der Waals surface area contributed by atoms with Crippen molar-refractivity contribution in [1.82, 2.24) is 20.5 Å². The quantitative estimate of drug-likeness (QED) is 0.870. The number of hydrogen-bond acceptors (Lipinski definition) is 4. The number of benzene rings is 1. The maximum absolute atomic E-state index is 12.0. The van der Waals surface area contributed by atoms with Crippen LogP contribution in [0.15, 0.2) is 36.5 Å². The number of carbonyl (C=O) groups excluding carboxylic acids is 1. The number of carbonyl (C=O) groups is 1. The summed E-state index contributed by atoms with van der Waals surface area (Å²) in [6, 6.07) is 10.0. The first-order valence-corrected chi connectivity index (χ1v) is 7.35. The topological polar surface area (TPSA) is 57.3 Å². The third kappa shape index (κ3) is 3.56. The minimum Gasteiger partial charge on any atom is -0.351 e. The third-order valence-corrected chi connectivity index (χ3v) is 3.77. The molecule has 0 aliphatic carbocycles. The fourth-order valence-corrected chi connectivity index (χ4v) is 2.63. The number of amides is 1. The summed E-state index contributed by atoms with van der Waals surface area (Å²) in [5, 5.41) is 7.38. The number of para-hydroxylation sites is 1. The second-order valence-electron chi connectivity index (χ2n) is 5.30. The van der Waals surface area contributed by atoms with Gasteiger partial charge in [-0.05, 0) is 11.6 Å². The Labute approximate surface area is 124 Å². The van der Waals surface area contributed by atoms with Crippen molar-refractivity contribution in [2.45, 2.75) is 6.54 Å². The standard InChI is InChI=1S/C16H20N4O/c21-15(12-20-9-7-17-8-10-20)19-11-14-4-1-3-13-5-2-6-18-16(13)14/h1-6,17H,7-12H2,(H,19,21). The van der Waals surface area contributed by atoms with E-state index < -0.39 is 0 Å². The molecule has 1 fully saturated rings. The number of rotatable bonds is 4. The summed E-state index contributed by atoms with van der Waals surface area (Å²) < 4.78 is 0. The van der Waals surface area contributed by atoms with E-state index >= 15 is 0 Å². The van der Waals surface area contributed by atoms with Gasteiger partial charge in [0.1, 0.15) is 0 Å². The van der Waals surface area contributed by atoms with Crippen molar-refractivity contribution in [2.24, 2.45) is 0 Å². The second kappa shape index (κ2) is 6.65. The fourth-order valence-electron chi connectivity index (χ4n) is 2.63. The predicted molar refractivity (Wildman–Crippen MR) is 82.9 cm³/mol. The molecule has 0 spiro atoms. The molecular weight excluding hydrogens is 264 g/mol. The van der Waals surface area contributed by atoms with Gasteiger partial charge in [0.05, 0.1) is 12.1 Å². The SMILES string of the molecule is O=C(CN1CCNCC1)NCc1cccc2cccnc12. The second-order valence-corrected chi connectivity index (χ2v) is 5.30. The molecule has 2 aromatic rings. The van der Waals surface area contributed by atoms with Crippen LogP contribution < -0.4 is 10.6 Å². The van der Waals surface area contributed by atoms with E-state index in [1.165, 1.54) is 0 Å². The van der Waals surface area contributed by atoms with Crippen LogP contribution in [0.1, 0.15) is 5.56 Å². The Bertz CT molecular complexity index is 617. The molecule has 0 saturated carbocycles. The molecule has 0 bridgehead atoms. The lowest BCUT2D eigenvalue weighted by atomic mass is 10.1. The van der Waals surface area contributed by atoms with Crippen LogP contribution in [-0.2, 0) is 11.3 Å². The van der Waals surface area contributed by atoms with E-state index in [1.54, 1.807) is 6.20 Å². The van der Waals surface area contributed by atoms with Crippen LogP contribution in [0.5, 0.6) is 0 Å². The number of aromatic nitrogens is 1. The normalized spacial score (nSPS) is 16.0. The van der Waals surface area contributed by atoms with Crippen LogP contribution in [0.3, 0.4) is 0 Å². The van der Waals surface area contributed by atoms with E-state index in [9.17, 15) is 4.79 Å². The highest BCUT2D eigenvalue weighted by Gasteiger charge is 2.13. The van der Waals surface area contributed by atoms with Crippen LogP contribution in [0, 0.1) is 0 Å². The number of nitrogens with one attached hydrogen (secondary N) is 2. The molecule has 3 rings (SSSR count). The van der Waals surface area contributed by atoms with Crippen molar-refractivity contribution in [3.63, 3.8) is 0 Å². The highest BCUT2D eigenvalue weighted by Crippen LogP contribution is 2.15. The van der Waals surface area contributed by atoms with Crippen molar-refractivity contribution in [3.05, 3.63) is 42.1 Å². The van der Waals surface area contributed by atoms with E-state index in [1.807, 2.05) is 30.3 Å². The molecule has 2 heterocycles. The van der Waals surface area contributed by atoms with Gasteiger partial charge < -0.3 is 10.6 Å². The molecule has 0 unspecified atom stereocenters. The Hall–Kier alpha value is -1.98. The molecule has 1 aliphatic rings. The zero-order valence-electron chi connectivity index (χ0n) is 12.0. The lowest BCUT2D eigenvalue weighted by Gasteiger charge is -2.26. The summed E-state index contributed by atoms with van der Waals surface area (Å²) in [5.74, 6) is 0.0739. The van der Waals surface area contributed by atoms with Gasteiger partial charge in [-0.2, -0.15) is 0 Å². The Morgan fingerprint density at radius 3 is 2.90 bits per heavy atom. The number of hydrogen-bond donors (Lipinski definition) is 2. The van der Waals surface area contributed by atoms with Crippen LogP contribution in [0.2, 0.25) is 0 Å². The minimum atomic E-state index is 0.0739. The minimum absolute atomic E-state index is 0.0739. The van der Waals surface area contributed by atoms with Gasteiger partial charge in [-0.15, -0.1) is 0 Å². The third-order valence-electron chi connectivity index (χ3n) is 3.77. The van der Waals surface area contributed by atoms with Crippen LogP contribution >= 0.6 is 0 Å². The van der Waals surface area contributed by atoms with Gasteiger partial charge >= 0.3 is 0 Å². The van der Waals surface area contributed by atoms with E-state index in [0.29, 0.717) is 13.1 Å². The van der Waals surface area contributed by atoms with E-state index in [2.05, 4.69) is 20.5 Å². The average molecular weight is 284 g/mol. The number of piperazine rings is 1. The van der Waals surface area contributed by atoms with Crippen molar-refractivity contribution in [3.8, 4) is 0 Å². The molecule has 1 saturated heterocycles. The summed E-state index contributed by atoms with van der Waals surface area (Å²) >= 11 is 0. The van der Waals surface area contributed by atoms with E-state index in [-0.39, 0.29) is 5.91 Å². The van der Waals surface area contributed by atoms with E-state index in [4.69, 9.17) is 0 Å². The van der Waals surface area contributed by atoms with Gasteiger partial charge in [-0.3, -0.25) is 14.7 Å². The summed E-state index contributed by atoms with van der Waals surface area (Å²) in [6.07, 6.45) is 1.79. The maximum Gasteiger partial charge on any atom is 0.234 e. The number of pyridine rings is 1. The highest BCUT2D eigenvalue weighted by molar-refractivity contribution is 5.83. The Morgan fingerprint density at radius 1 is 1.24 bits per heavy atom.